The van der Waals surface area contributed by atoms with Crippen LogP contribution in [-0.4, -0.2) is 47.0 Å². The first-order chi connectivity index (χ1) is 13.4. The van der Waals surface area contributed by atoms with Gasteiger partial charge in [0.1, 0.15) is 0 Å². The summed E-state index contributed by atoms with van der Waals surface area (Å²) in [7, 11) is 0. The Hall–Kier alpha value is -1.98. The molecule has 0 unspecified atom stereocenters. The Morgan fingerprint density at radius 2 is 1.86 bits per heavy atom. The summed E-state index contributed by atoms with van der Waals surface area (Å²) in [4.78, 5) is 26.8. The van der Waals surface area contributed by atoms with Crippen LogP contribution in [0.15, 0.2) is 42.5 Å². The average molecular weight is 531 g/mol. The van der Waals surface area contributed by atoms with Gasteiger partial charge in [-0.25, -0.2) is 0 Å². The number of nitrogens with one attached hydrogen (secondary N) is 1. The molecule has 1 heterocycles. The standard InChI is InChI=1S/C18H16ClIN4O3S/c19-14-11-12(24(26)27)5-6-16(14)22-7-9-23(10-8-22)18(28)21-17(25)13-3-1-2-4-15(13)20/h1-6,11H,7-10H2,(H,21,25,28). The highest BCUT2D eigenvalue weighted by molar-refractivity contribution is 14.1. The quantitative estimate of drug-likeness (QED) is 0.282. The molecule has 28 heavy (non-hydrogen) atoms. The molecule has 0 bridgehead atoms. The van der Waals surface area contributed by atoms with Gasteiger partial charge >= 0.3 is 0 Å². The third-order valence-electron chi connectivity index (χ3n) is 4.39. The van der Waals surface area contributed by atoms with Crippen molar-refractivity contribution in [2.75, 3.05) is 31.1 Å². The van der Waals surface area contributed by atoms with Crippen molar-refractivity contribution in [3.8, 4) is 0 Å². The molecule has 0 aliphatic carbocycles. The number of amides is 1. The van der Waals surface area contributed by atoms with Crippen molar-refractivity contribution in [1.82, 2.24) is 10.2 Å². The number of thiocarbonyl (C=S) groups is 1. The number of anilines is 1. The van der Waals surface area contributed by atoms with Crippen molar-refractivity contribution in [2.24, 2.45) is 0 Å². The SMILES string of the molecule is O=C(NC(=S)N1CCN(c2ccc([N+](=O)[O-])cc2Cl)CC1)c1ccccc1I. The number of nitrogens with zero attached hydrogens (tertiary/aromatic N) is 3. The predicted molar refractivity (Wildman–Crippen MR) is 121 cm³/mol. The first kappa shape index (κ1) is 20.7. The first-order valence-corrected chi connectivity index (χ1v) is 10.3. The number of carbonyl (C=O) groups excluding carboxylic acids is 1. The molecule has 1 aliphatic heterocycles. The number of hydrogen-bond donors (Lipinski definition) is 1. The molecule has 1 aliphatic rings. The molecule has 1 N–H and O–H groups in total. The summed E-state index contributed by atoms with van der Waals surface area (Å²) in [6, 6.07) is 11.8. The van der Waals surface area contributed by atoms with Crippen LogP contribution in [0.5, 0.6) is 0 Å². The zero-order chi connectivity index (χ0) is 20.3. The molecule has 1 fully saturated rings. The molecule has 1 amide bonds. The largest absolute Gasteiger partial charge is 0.367 e. The molecule has 3 rings (SSSR count). The van der Waals surface area contributed by atoms with Crippen LogP contribution in [0.25, 0.3) is 0 Å². The predicted octanol–water partition coefficient (Wildman–Crippen LogP) is 3.69. The van der Waals surface area contributed by atoms with Crippen LogP contribution in [0.3, 0.4) is 0 Å². The van der Waals surface area contributed by atoms with Crippen LogP contribution in [0.4, 0.5) is 11.4 Å². The summed E-state index contributed by atoms with van der Waals surface area (Å²) in [5.41, 5.74) is 1.30. The highest BCUT2D eigenvalue weighted by Gasteiger charge is 2.23. The van der Waals surface area contributed by atoms with Crippen molar-refractivity contribution in [2.45, 2.75) is 0 Å². The lowest BCUT2D eigenvalue weighted by Crippen LogP contribution is -2.52. The lowest BCUT2D eigenvalue weighted by Gasteiger charge is -2.37. The van der Waals surface area contributed by atoms with Gasteiger partial charge in [-0.15, -0.1) is 0 Å². The Morgan fingerprint density at radius 1 is 1.18 bits per heavy atom. The van der Waals surface area contributed by atoms with Crippen LogP contribution in [-0.2, 0) is 0 Å². The molecular weight excluding hydrogens is 515 g/mol. The van der Waals surface area contributed by atoms with E-state index in [0.717, 1.165) is 9.26 Å². The van der Waals surface area contributed by atoms with Gasteiger partial charge < -0.3 is 9.80 Å². The van der Waals surface area contributed by atoms with Crippen molar-refractivity contribution >= 4 is 68.8 Å². The minimum absolute atomic E-state index is 0.0354. The molecule has 0 atom stereocenters. The molecule has 146 valence electrons. The van der Waals surface area contributed by atoms with E-state index in [-0.39, 0.29) is 11.6 Å². The van der Waals surface area contributed by atoms with Crippen molar-refractivity contribution in [3.05, 3.63) is 66.7 Å². The number of nitro groups is 1. The van der Waals surface area contributed by atoms with Gasteiger partial charge in [-0.1, -0.05) is 23.7 Å². The summed E-state index contributed by atoms with van der Waals surface area (Å²) in [5.74, 6) is -0.226. The van der Waals surface area contributed by atoms with E-state index >= 15 is 0 Å². The number of carbonyl (C=O) groups is 1. The van der Waals surface area contributed by atoms with E-state index in [0.29, 0.717) is 41.9 Å². The van der Waals surface area contributed by atoms with Gasteiger partial charge in [0, 0.05) is 41.9 Å². The minimum atomic E-state index is -0.470. The molecule has 1 saturated heterocycles. The fourth-order valence-electron chi connectivity index (χ4n) is 2.91. The lowest BCUT2D eigenvalue weighted by atomic mass is 10.2. The maximum Gasteiger partial charge on any atom is 0.271 e. The average Bonchev–Trinajstić information content (AvgIpc) is 2.68. The summed E-state index contributed by atoms with van der Waals surface area (Å²) in [5, 5.41) is 14.4. The van der Waals surface area contributed by atoms with E-state index in [2.05, 4.69) is 27.9 Å². The van der Waals surface area contributed by atoms with Gasteiger partial charge in [-0.3, -0.25) is 20.2 Å². The lowest BCUT2D eigenvalue weighted by molar-refractivity contribution is -0.384. The van der Waals surface area contributed by atoms with Crippen LogP contribution in [0, 0.1) is 13.7 Å². The number of non-ortho nitro benzene ring substituents is 1. The topological polar surface area (TPSA) is 78.7 Å². The zero-order valence-corrected chi connectivity index (χ0v) is 18.3. The van der Waals surface area contributed by atoms with Gasteiger partial charge in [0.05, 0.1) is 21.2 Å². The van der Waals surface area contributed by atoms with E-state index in [1.807, 2.05) is 28.0 Å². The summed E-state index contributed by atoms with van der Waals surface area (Å²) in [6.45, 7) is 2.49. The number of piperazine rings is 1. The maximum atomic E-state index is 12.4. The van der Waals surface area contributed by atoms with Crippen LogP contribution in [0.2, 0.25) is 5.02 Å². The van der Waals surface area contributed by atoms with Crippen molar-refractivity contribution in [1.29, 1.82) is 0 Å². The van der Waals surface area contributed by atoms with Crippen molar-refractivity contribution < 1.29 is 9.72 Å². The van der Waals surface area contributed by atoms with Crippen LogP contribution in [0.1, 0.15) is 10.4 Å². The molecule has 2 aromatic rings. The van der Waals surface area contributed by atoms with E-state index < -0.39 is 4.92 Å². The number of benzene rings is 2. The fourth-order valence-corrected chi connectivity index (χ4v) is 4.11. The van der Waals surface area contributed by atoms with Gasteiger partial charge in [-0.2, -0.15) is 0 Å². The third kappa shape index (κ3) is 4.70. The van der Waals surface area contributed by atoms with Gasteiger partial charge in [0.15, 0.2) is 5.11 Å². The van der Waals surface area contributed by atoms with E-state index in [9.17, 15) is 14.9 Å². The van der Waals surface area contributed by atoms with Gasteiger partial charge in [0.25, 0.3) is 11.6 Å². The normalized spacial score (nSPS) is 13.9. The zero-order valence-electron chi connectivity index (χ0n) is 14.6. The van der Waals surface area contributed by atoms with Crippen LogP contribution < -0.4 is 10.2 Å². The number of hydrogen-bond acceptors (Lipinski definition) is 5. The number of halogens is 2. The number of rotatable bonds is 3. The molecule has 7 nitrogen and oxygen atoms in total. The summed E-state index contributed by atoms with van der Waals surface area (Å²) < 4.78 is 0.859. The maximum absolute atomic E-state index is 12.4. The van der Waals surface area contributed by atoms with E-state index in [1.54, 1.807) is 12.1 Å². The molecule has 0 radical (unpaired) electrons. The molecule has 0 aromatic heterocycles. The second-order valence-corrected chi connectivity index (χ2v) is 8.06. The molecule has 0 spiro atoms. The highest BCUT2D eigenvalue weighted by atomic mass is 127. The monoisotopic (exact) mass is 530 g/mol. The van der Waals surface area contributed by atoms with Gasteiger partial charge in [0.2, 0.25) is 0 Å². The Balaban J connectivity index is 1.59. The highest BCUT2D eigenvalue weighted by Crippen LogP contribution is 2.30. The fraction of sp³-hybridized carbons (Fsp3) is 0.222. The molecule has 10 heteroatoms. The summed E-state index contributed by atoms with van der Waals surface area (Å²) >= 11 is 13.7. The Labute approximate surface area is 185 Å². The Bertz CT molecular complexity index is 935. The van der Waals surface area contributed by atoms with E-state index in [1.165, 1.54) is 12.1 Å². The molecule has 2 aromatic carbocycles. The number of nitro benzene ring substituents is 1. The molecular formula is C18H16ClIN4O3S. The second-order valence-electron chi connectivity index (χ2n) is 6.11. The van der Waals surface area contributed by atoms with Crippen molar-refractivity contribution in [3.63, 3.8) is 0 Å². The summed E-state index contributed by atoms with van der Waals surface area (Å²) in [6.07, 6.45) is 0. The van der Waals surface area contributed by atoms with Gasteiger partial charge in [-0.05, 0) is 53.0 Å². The molecule has 0 saturated carbocycles. The smallest absolute Gasteiger partial charge is 0.271 e. The Morgan fingerprint density at radius 3 is 2.46 bits per heavy atom. The van der Waals surface area contributed by atoms with E-state index in [4.69, 9.17) is 23.8 Å². The Kier molecular flexibility index (Phi) is 6.68. The first-order valence-electron chi connectivity index (χ1n) is 8.40. The second kappa shape index (κ2) is 9.01. The third-order valence-corrected chi connectivity index (χ3v) is 5.99. The minimum Gasteiger partial charge on any atom is -0.367 e. The van der Waals surface area contributed by atoms with Crippen LogP contribution >= 0.6 is 46.4 Å².